The van der Waals surface area contributed by atoms with Gasteiger partial charge in [0.15, 0.2) is 0 Å². The van der Waals surface area contributed by atoms with Crippen molar-refractivity contribution < 1.29 is 4.84 Å². The van der Waals surface area contributed by atoms with Crippen molar-refractivity contribution in [2.24, 2.45) is 11.8 Å². The molecule has 0 aromatic heterocycles. The van der Waals surface area contributed by atoms with Crippen molar-refractivity contribution in [1.82, 2.24) is 0 Å². The standard InChI is InChI=1S/C7H15NOS/c1-7(2)6(5-9-8)3-4-10-7/h6H,3-5,8H2,1-2H3. The Morgan fingerprint density at radius 2 is 2.40 bits per heavy atom. The van der Waals surface area contributed by atoms with E-state index < -0.39 is 0 Å². The van der Waals surface area contributed by atoms with E-state index in [1.165, 1.54) is 12.2 Å². The maximum Gasteiger partial charge on any atom is 0.0720 e. The van der Waals surface area contributed by atoms with E-state index in [2.05, 4.69) is 18.7 Å². The molecule has 1 unspecified atom stereocenters. The van der Waals surface area contributed by atoms with Crippen molar-refractivity contribution in [2.75, 3.05) is 12.4 Å². The number of hydrogen-bond donors (Lipinski definition) is 1. The number of rotatable bonds is 2. The highest BCUT2D eigenvalue weighted by atomic mass is 32.2. The monoisotopic (exact) mass is 161 g/mol. The molecule has 1 aliphatic heterocycles. The quantitative estimate of drug-likeness (QED) is 0.622. The third kappa shape index (κ3) is 1.65. The summed E-state index contributed by atoms with van der Waals surface area (Å²) in [7, 11) is 0. The zero-order chi connectivity index (χ0) is 7.61. The molecule has 0 saturated carbocycles. The third-order valence-electron chi connectivity index (χ3n) is 2.22. The van der Waals surface area contributed by atoms with Crippen LogP contribution in [0.25, 0.3) is 0 Å². The van der Waals surface area contributed by atoms with Gasteiger partial charge in [0.2, 0.25) is 0 Å². The molecule has 1 atom stereocenters. The highest BCUT2D eigenvalue weighted by molar-refractivity contribution is 8.00. The molecule has 1 fully saturated rings. The second kappa shape index (κ2) is 3.11. The summed E-state index contributed by atoms with van der Waals surface area (Å²) in [5.41, 5.74) is 0. The Hall–Kier alpha value is 0.270. The lowest BCUT2D eigenvalue weighted by molar-refractivity contribution is 0.0924. The molecule has 2 nitrogen and oxygen atoms in total. The third-order valence-corrected chi connectivity index (χ3v) is 3.74. The predicted molar refractivity (Wildman–Crippen MR) is 44.8 cm³/mol. The molecule has 1 saturated heterocycles. The van der Waals surface area contributed by atoms with Crippen LogP contribution in [0.2, 0.25) is 0 Å². The van der Waals surface area contributed by atoms with Crippen LogP contribution >= 0.6 is 11.8 Å². The maximum absolute atomic E-state index is 5.02. The van der Waals surface area contributed by atoms with Crippen LogP contribution in [0, 0.1) is 5.92 Å². The van der Waals surface area contributed by atoms with Crippen molar-refractivity contribution in [2.45, 2.75) is 25.0 Å². The van der Waals surface area contributed by atoms with E-state index in [-0.39, 0.29) is 0 Å². The van der Waals surface area contributed by atoms with E-state index in [0.29, 0.717) is 17.3 Å². The first-order chi connectivity index (χ1) is 4.67. The van der Waals surface area contributed by atoms with Gasteiger partial charge in [-0.3, -0.25) is 0 Å². The number of thioether (sulfide) groups is 1. The zero-order valence-electron chi connectivity index (χ0n) is 6.59. The number of nitrogens with two attached hydrogens (primary N) is 1. The molecule has 0 aliphatic carbocycles. The second-order valence-electron chi connectivity index (χ2n) is 3.27. The fourth-order valence-corrected chi connectivity index (χ4v) is 2.68. The van der Waals surface area contributed by atoms with E-state index in [9.17, 15) is 0 Å². The molecule has 1 rings (SSSR count). The van der Waals surface area contributed by atoms with Gasteiger partial charge in [0.25, 0.3) is 0 Å². The average Bonchev–Trinajstić information content (AvgIpc) is 2.13. The van der Waals surface area contributed by atoms with E-state index in [0.717, 1.165) is 0 Å². The second-order valence-corrected chi connectivity index (χ2v) is 5.02. The first-order valence-electron chi connectivity index (χ1n) is 3.62. The average molecular weight is 161 g/mol. The summed E-state index contributed by atoms with van der Waals surface area (Å²) < 4.78 is 0.374. The minimum Gasteiger partial charge on any atom is -0.304 e. The Bertz CT molecular complexity index is 116. The lowest BCUT2D eigenvalue weighted by atomic mass is 9.94. The van der Waals surface area contributed by atoms with Crippen molar-refractivity contribution in [3.05, 3.63) is 0 Å². The van der Waals surface area contributed by atoms with E-state index >= 15 is 0 Å². The largest absolute Gasteiger partial charge is 0.304 e. The van der Waals surface area contributed by atoms with Crippen LogP contribution in [-0.4, -0.2) is 17.1 Å². The van der Waals surface area contributed by atoms with Gasteiger partial charge in [0.05, 0.1) is 6.61 Å². The summed E-state index contributed by atoms with van der Waals surface area (Å²) in [5, 5.41) is 0. The van der Waals surface area contributed by atoms with Crippen molar-refractivity contribution in [1.29, 1.82) is 0 Å². The molecule has 0 amide bonds. The van der Waals surface area contributed by atoms with Gasteiger partial charge in [0, 0.05) is 4.75 Å². The summed E-state index contributed by atoms with van der Waals surface area (Å²) in [5.74, 6) is 6.91. The highest BCUT2D eigenvalue weighted by Crippen LogP contribution is 2.41. The van der Waals surface area contributed by atoms with Gasteiger partial charge in [0.1, 0.15) is 0 Å². The molecule has 0 aromatic carbocycles. The lowest BCUT2D eigenvalue weighted by Crippen LogP contribution is -2.27. The van der Waals surface area contributed by atoms with Crippen molar-refractivity contribution >= 4 is 11.8 Å². The molecule has 0 spiro atoms. The number of hydrogen-bond acceptors (Lipinski definition) is 3. The Kier molecular flexibility index (Phi) is 2.61. The van der Waals surface area contributed by atoms with E-state index in [1.54, 1.807) is 0 Å². The Balaban J connectivity index is 2.43. The minimum atomic E-state index is 0.374. The first-order valence-corrected chi connectivity index (χ1v) is 4.61. The van der Waals surface area contributed by atoms with Crippen LogP contribution in [0.5, 0.6) is 0 Å². The van der Waals surface area contributed by atoms with Gasteiger partial charge >= 0.3 is 0 Å². The molecule has 60 valence electrons. The zero-order valence-corrected chi connectivity index (χ0v) is 7.41. The van der Waals surface area contributed by atoms with Crippen LogP contribution in [0.4, 0.5) is 0 Å². The van der Waals surface area contributed by atoms with Crippen molar-refractivity contribution in [3.63, 3.8) is 0 Å². The van der Waals surface area contributed by atoms with E-state index in [4.69, 9.17) is 5.90 Å². The fourth-order valence-electron chi connectivity index (χ4n) is 1.33. The predicted octanol–water partition coefficient (Wildman–Crippen LogP) is 1.41. The molecule has 0 aromatic rings. The molecular formula is C7H15NOS. The van der Waals surface area contributed by atoms with Gasteiger partial charge in [-0.2, -0.15) is 11.8 Å². The molecule has 0 bridgehead atoms. The van der Waals surface area contributed by atoms with E-state index in [1.807, 2.05) is 11.8 Å². The Morgan fingerprint density at radius 3 is 2.80 bits per heavy atom. The first kappa shape index (κ1) is 8.37. The summed E-state index contributed by atoms with van der Waals surface area (Å²) in [6, 6.07) is 0. The van der Waals surface area contributed by atoms with Crippen LogP contribution in [0.3, 0.4) is 0 Å². The van der Waals surface area contributed by atoms with Crippen LogP contribution in [0.15, 0.2) is 0 Å². The van der Waals surface area contributed by atoms with Crippen LogP contribution in [0.1, 0.15) is 20.3 Å². The van der Waals surface area contributed by atoms with Gasteiger partial charge in [-0.15, -0.1) is 0 Å². The summed E-state index contributed by atoms with van der Waals surface area (Å²) >= 11 is 2.01. The van der Waals surface area contributed by atoms with Gasteiger partial charge in [-0.05, 0) is 18.1 Å². The van der Waals surface area contributed by atoms with Gasteiger partial charge in [-0.25, -0.2) is 5.90 Å². The summed E-state index contributed by atoms with van der Waals surface area (Å²) in [6.45, 7) is 5.22. The molecule has 1 aliphatic rings. The highest BCUT2D eigenvalue weighted by Gasteiger charge is 2.34. The van der Waals surface area contributed by atoms with Gasteiger partial charge in [-0.1, -0.05) is 13.8 Å². The normalized spacial score (nSPS) is 30.9. The fraction of sp³-hybridized carbons (Fsp3) is 1.00. The minimum absolute atomic E-state index is 0.374. The molecule has 2 N–H and O–H groups in total. The Morgan fingerprint density at radius 1 is 1.70 bits per heavy atom. The lowest BCUT2D eigenvalue weighted by Gasteiger charge is -2.24. The summed E-state index contributed by atoms with van der Waals surface area (Å²) in [6.07, 6.45) is 1.24. The summed E-state index contributed by atoms with van der Waals surface area (Å²) in [4.78, 5) is 4.65. The van der Waals surface area contributed by atoms with Crippen molar-refractivity contribution in [3.8, 4) is 0 Å². The van der Waals surface area contributed by atoms with Crippen LogP contribution < -0.4 is 5.90 Å². The molecule has 3 heteroatoms. The molecule has 1 heterocycles. The maximum atomic E-state index is 5.02. The molecular weight excluding hydrogens is 146 g/mol. The van der Waals surface area contributed by atoms with Crippen LogP contribution in [-0.2, 0) is 4.84 Å². The van der Waals surface area contributed by atoms with Gasteiger partial charge < -0.3 is 4.84 Å². The smallest absolute Gasteiger partial charge is 0.0720 e. The SMILES string of the molecule is CC1(C)SCCC1CON. The Labute approximate surface area is 66.5 Å². The molecule has 10 heavy (non-hydrogen) atoms. The topological polar surface area (TPSA) is 35.2 Å². The molecule has 0 radical (unpaired) electrons.